The van der Waals surface area contributed by atoms with Crippen molar-refractivity contribution in [2.45, 2.75) is 30.8 Å². The minimum absolute atomic E-state index is 0.0274. The van der Waals surface area contributed by atoms with E-state index in [4.69, 9.17) is 21.1 Å². The third-order valence-corrected chi connectivity index (χ3v) is 7.89. The van der Waals surface area contributed by atoms with E-state index in [1.807, 2.05) is 19.1 Å². The van der Waals surface area contributed by atoms with Crippen LogP contribution in [0.4, 0.5) is 10.1 Å². The fraction of sp³-hybridized carbons (Fsp3) is 0.231. The molecule has 1 fully saturated rings. The van der Waals surface area contributed by atoms with Crippen molar-refractivity contribution in [1.82, 2.24) is 15.0 Å². The largest absolute Gasteiger partial charge is 0.488 e. The fourth-order valence-corrected chi connectivity index (χ4v) is 5.47. The summed E-state index contributed by atoms with van der Waals surface area (Å²) in [6.45, 7) is 3.23. The molecule has 4 aromatic rings. The van der Waals surface area contributed by atoms with Gasteiger partial charge in [0.1, 0.15) is 29.5 Å². The van der Waals surface area contributed by atoms with Crippen LogP contribution in [0.25, 0.3) is 22.0 Å². The summed E-state index contributed by atoms with van der Waals surface area (Å²) in [6.07, 6.45) is 4.79. The van der Waals surface area contributed by atoms with Crippen LogP contribution in [0.2, 0.25) is 5.15 Å². The maximum atomic E-state index is 13.3. The van der Waals surface area contributed by atoms with E-state index in [-0.39, 0.29) is 11.3 Å². The number of rotatable bonds is 6. The summed E-state index contributed by atoms with van der Waals surface area (Å²) in [4.78, 5) is 13.5. The van der Waals surface area contributed by atoms with Crippen LogP contribution >= 0.6 is 11.6 Å². The highest BCUT2D eigenvalue weighted by atomic mass is 35.5. The van der Waals surface area contributed by atoms with Crippen LogP contribution in [0.3, 0.4) is 0 Å². The molecule has 1 saturated heterocycles. The molecule has 0 radical (unpaired) electrons. The summed E-state index contributed by atoms with van der Waals surface area (Å²) in [7, 11) is -3.02. The molecule has 3 heterocycles. The van der Waals surface area contributed by atoms with Crippen molar-refractivity contribution >= 4 is 43.8 Å². The predicted molar refractivity (Wildman–Crippen MR) is 141 cm³/mol. The number of hydrogen-bond donors (Lipinski definition) is 1. The molecule has 1 unspecified atom stereocenters. The summed E-state index contributed by atoms with van der Waals surface area (Å²) in [5.41, 5.74) is 3.42. The Bertz CT molecular complexity index is 1520. The van der Waals surface area contributed by atoms with Crippen molar-refractivity contribution in [1.29, 1.82) is 0 Å². The zero-order valence-electron chi connectivity index (χ0n) is 19.5. The number of pyridine rings is 1. The molecule has 2 aromatic heterocycles. The molecule has 0 bridgehead atoms. The first-order chi connectivity index (χ1) is 17.3. The van der Waals surface area contributed by atoms with Gasteiger partial charge in [0.2, 0.25) is 0 Å². The van der Waals surface area contributed by atoms with Gasteiger partial charge < -0.3 is 14.2 Å². The molecular weight excluding hydrogens is 503 g/mol. The first-order valence-corrected chi connectivity index (χ1v) is 13.5. The Morgan fingerprint density at radius 3 is 2.61 bits per heavy atom. The molecule has 36 heavy (non-hydrogen) atoms. The molecule has 0 aliphatic carbocycles. The van der Waals surface area contributed by atoms with E-state index in [1.165, 1.54) is 30.6 Å². The van der Waals surface area contributed by atoms with Gasteiger partial charge in [-0.1, -0.05) is 11.6 Å². The predicted octanol–water partition coefficient (Wildman–Crippen LogP) is 5.45. The van der Waals surface area contributed by atoms with E-state index in [0.717, 1.165) is 40.6 Å². The van der Waals surface area contributed by atoms with Crippen molar-refractivity contribution in [3.8, 4) is 16.9 Å². The SMILES string of the molecule is C=S(=O)(Nc1cc(-c2cc(OC3CCOCC3)c3ncnc(C)c3c2)cnc1Cl)c1ccc(F)cc1. The molecule has 0 amide bonds. The van der Waals surface area contributed by atoms with Crippen LogP contribution in [0.1, 0.15) is 18.5 Å². The normalized spacial score (nSPS) is 16.0. The minimum Gasteiger partial charge on any atom is -0.488 e. The molecule has 1 N–H and O–H groups in total. The molecule has 10 heteroatoms. The Labute approximate surface area is 213 Å². The number of hydrogen-bond acceptors (Lipinski definition) is 6. The van der Waals surface area contributed by atoms with Gasteiger partial charge in [0.25, 0.3) is 0 Å². The van der Waals surface area contributed by atoms with Gasteiger partial charge >= 0.3 is 0 Å². The van der Waals surface area contributed by atoms with Crippen molar-refractivity contribution in [3.05, 3.63) is 71.7 Å². The Morgan fingerprint density at radius 1 is 1.11 bits per heavy atom. The number of ether oxygens (including phenoxy) is 2. The Kier molecular flexibility index (Phi) is 6.79. The first-order valence-electron chi connectivity index (χ1n) is 11.4. The molecule has 0 saturated carbocycles. The third kappa shape index (κ3) is 5.13. The Morgan fingerprint density at radius 2 is 1.86 bits per heavy atom. The lowest BCUT2D eigenvalue weighted by Crippen LogP contribution is -2.26. The minimum atomic E-state index is -3.02. The fourth-order valence-electron chi connectivity index (χ4n) is 4.06. The molecule has 0 spiro atoms. The summed E-state index contributed by atoms with van der Waals surface area (Å²) in [6, 6.07) is 11.0. The highest BCUT2D eigenvalue weighted by Crippen LogP contribution is 2.35. The Hall–Kier alpha value is -3.27. The highest BCUT2D eigenvalue weighted by molar-refractivity contribution is 8.01. The van der Waals surface area contributed by atoms with Crippen LogP contribution in [-0.2, 0) is 14.4 Å². The van der Waals surface area contributed by atoms with Crippen molar-refractivity contribution in [2.75, 3.05) is 17.9 Å². The number of aromatic nitrogens is 3. The number of aryl methyl sites for hydroxylation is 1. The van der Waals surface area contributed by atoms with Gasteiger partial charge in [-0.2, -0.15) is 0 Å². The smallest absolute Gasteiger partial charge is 0.153 e. The molecule has 7 nitrogen and oxygen atoms in total. The monoisotopic (exact) mass is 526 g/mol. The van der Waals surface area contributed by atoms with Gasteiger partial charge in [0, 0.05) is 40.6 Å². The van der Waals surface area contributed by atoms with Gasteiger partial charge in [-0.15, -0.1) is 0 Å². The van der Waals surface area contributed by atoms with Crippen molar-refractivity contribution < 1.29 is 18.1 Å². The van der Waals surface area contributed by atoms with Gasteiger partial charge in [-0.05, 0) is 60.8 Å². The van der Waals surface area contributed by atoms with Crippen LogP contribution in [0.15, 0.2) is 59.9 Å². The second kappa shape index (κ2) is 10.0. The summed E-state index contributed by atoms with van der Waals surface area (Å²) >= 11 is 6.34. The standard InChI is InChI=1S/C26H24ClFN4O3S/c1-16-22-11-17(13-24(25(22)31-15-30-16)35-20-7-9-34-10-8-20)18-12-23(26(27)29-14-18)32-36(2,33)21-5-3-19(28)4-6-21/h3-6,11-15,20H,2,7-10H2,1H3,(H,32,33). The maximum absolute atomic E-state index is 13.3. The zero-order valence-corrected chi connectivity index (χ0v) is 21.1. The van der Waals surface area contributed by atoms with E-state index in [0.29, 0.717) is 29.5 Å². The van der Waals surface area contributed by atoms with Crippen LogP contribution < -0.4 is 9.46 Å². The first kappa shape index (κ1) is 24.4. The molecule has 2 aromatic carbocycles. The quantitative estimate of drug-likeness (QED) is 0.265. The zero-order chi connectivity index (χ0) is 25.3. The van der Waals surface area contributed by atoms with E-state index >= 15 is 0 Å². The number of halogens is 2. The molecule has 1 aliphatic heterocycles. The number of benzene rings is 2. The average molecular weight is 527 g/mol. The second-order valence-electron chi connectivity index (χ2n) is 8.55. The number of fused-ring (bicyclic) bond motifs is 1. The lowest BCUT2D eigenvalue weighted by Gasteiger charge is -2.24. The van der Waals surface area contributed by atoms with Crippen molar-refractivity contribution in [2.24, 2.45) is 0 Å². The van der Waals surface area contributed by atoms with E-state index in [2.05, 4.69) is 25.5 Å². The second-order valence-corrected chi connectivity index (χ2v) is 10.9. The highest BCUT2D eigenvalue weighted by Gasteiger charge is 2.19. The topological polar surface area (TPSA) is 86.2 Å². The van der Waals surface area contributed by atoms with Crippen LogP contribution in [0, 0.1) is 12.7 Å². The summed E-state index contributed by atoms with van der Waals surface area (Å²) in [5, 5.41) is 0.991. The molecular formula is C26H24ClFN4O3S. The van der Waals surface area contributed by atoms with Gasteiger partial charge in [-0.3, -0.25) is 0 Å². The molecule has 1 atom stereocenters. The lowest BCUT2D eigenvalue weighted by atomic mass is 10.0. The third-order valence-electron chi connectivity index (χ3n) is 6.01. The van der Waals surface area contributed by atoms with Crippen LogP contribution in [0.5, 0.6) is 5.75 Å². The molecule has 5 rings (SSSR count). The summed E-state index contributed by atoms with van der Waals surface area (Å²) < 4.78 is 41.3. The van der Waals surface area contributed by atoms with Gasteiger partial charge in [0.05, 0.1) is 28.6 Å². The van der Waals surface area contributed by atoms with E-state index in [1.54, 1.807) is 12.3 Å². The number of nitrogens with zero attached hydrogens (tertiary/aromatic N) is 3. The number of anilines is 1. The van der Waals surface area contributed by atoms with Gasteiger partial charge in [0.15, 0.2) is 5.15 Å². The molecule has 186 valence electrons. The summed E-state index contributed by atoms with van der Waals surface area (Å²) in [5.74, 6) is 4.03. The maximum Gasteiger partial charge on any atom is 0.153 e. The number of nitrogens with one attached hydrogen (secondary N) is 1. The Balaban J connectivity index is 1.54. The lowest BCUT2D eigenvalue weighted by molar-refractivity contribution is 0.0261. The average Bonchev–Trinajstić information content (AvgIpc) is 2.86. The van der Waals surface area contributed by atoms with Crippen LogP contribution in [-0.4, -0.2) is 44.3 Å². The van der Waals surface area contributed by atoms with E-state index in [9.17, 15) is 8.60 Å². The van der Waals surface area contributed by atoms with Crippen molar-refractivity contribution in [3.63, 3.8) is 0 Å². The van der Waals surface area contributed by atoms with Gasteiger partial charge in [-0.25, -0.2) is 23.6 Å². The molecule has 1 aliphatic rings. The van der Waals surface area contributed by atoms with E-state index < -0.39 is 15.5 Å².